The Labute approximate surface area is 126 Å². The highest BCUT2D eigenvalue weighted by Gasteiger charge is 2.64. The molecule has 2 aliphatic carbocycles. The van der Waals surface area contributed by atoms with Gasteiger partial charge < -0.3 is 0 Å². The Morgan fingerprint density at radius 1 is 1.24 bits per heavy atom. The third-order valence-electron chi connectivity index (χ3n) is 5.83. The topological polar surface area (TPSA) is 29.5 Å². The Balaban J connectivity index is 1.99. The van der Waals surface area contributed by atoms with Crippen LogP contribution in [0.2, 0.25) is 0 Å². The summed E-state index contributed by atoms with van der Waals surface area (Å²) >= 11 is 0. The van der Waals surface area contributed by atoms with E-state index < -0.39 is 0 Å². The SMILES string of the molecule is CON(/C=C1\C(=O)[C@]2(C)CC[C@H]1C2(C)C)c1ccccc1. The maximum absolute atomic E-state index is 12.8. The smallest absolute Gasteiger partial charge is 0.167 e. The Bertz CT molecular complexity index is 590. The van der Waals surface area contributed by atoms with E-state index >= 15 is 0 Å². The van der Waals surface area contributed by atoms with Crippen LogP contribution in [-0.2, 0) is 9.63 Å². The zero-order valence-corrected chi connectivity index (χ0v) is 13.2. The molecule has 0 radical (unpaired) electrons. The number of ketones is 1. The van der Waals surface area contributed by atoms with Gasteiger partial charge in [-0.25, -0.2) is 5.06 Å². The van der Waals surface area contributed by atoms with Crippen molar-refractivity contribution in [2.45, 2.75) is 33.6 Å². The summed E-state index contributed by atoms with van der Waals surface area (Å²) < 4.78 is 0. The summed E-state index contributed by atoms with van der Waals surface area (Å²) in [5.41, 5.74) is 1.66. The van der Waals surface area contributed by atoms with E-state index in [-0.39, 0.29) is 10.8 Å². The number of Topliss-reactive ketones (excluding diaryl/α,β-unsaturated/α-hetero) is 1. The first-order valence-electron chi connectivity index (χ1n) is 7.57. The number of nitrogens with zero attached hydrogens (tertiary/aromatic N) is 1. The third-order valence-corrected chi connectivity index (χ3v) is 5.83. The highest BCUT2D eigenvalue weighted by Crippen LogP contribution is 2.65. The number of carbonyl (C=O) groups excluding carboxylic acids is 1. The van der Waals surface area contributed by atoms with Gasteiger partial charge in [-0.2, -0.15) is 0 Å². The lowest BCUT2D eigenvalue weighted by molar-refractivity contribution is -0.125. The van der Waals surface area contributed by atoms with Crippen molar-refractivity contribution in [2.24, 2.45) is 16.7 Å². The van der Waals surface area contributed by atoms with Gasteiger partial charge in [-0.05, 0) is 36.3 Å². The van der Waals surface area contributed by atoms with Crippen LogP contribution in [0.5, 0.6) is 0 Å². The van der Waals surface area contributed by atoms with E-state index in [1.807, 2.05) is 36.5 Å². The quantitative estimate of drug-likeness (QED) is 0.622. The summed E-state index contributed by atoms with van der Waals surface area (Å²) in [6, 6.07) is 9.86. The van der Waals surface area contributed by atoms with Crippen LogP contribution >= 0.6 is 0 Å². The first-order chi connectivity index (χ1) is 9.91. The number of rotatable bonds is 3. The first-order valence-corrected chi connectivity index (χ1v) is 7.57. The maximum atomic E-state index is 12.8. The molecule has 0 aliphatic heterocycles. The van der Waals surface area contributed by atoms with E-state index in [4.69, 9.17) is 4.84 Å². The van der Waals surface area contributed by atoms with Crippen molar-refractivity contribution in [3.05, 3.63) is 42.1 Å². The number of anilines is 1. The zero-order chi connectivity index (χ0) is 15.3. The molecule has 0 amide bonds. The van der Waals surface area contributed by atoms with Gasteiger partial charge in [-0.1, -0.05) is 39.0 Å². The lowest BCUT2D eigenvalue weighted by Gasteiger charge is -2.31. The van der Waals surface area contributed by atoms with Crippen molar-refractivity contribution < 1.29 is 9.63 Å². The molecule has 1 aromatic rings. The molecule has 1 aromatic carbocycles. The van der Waals surface area contributed by atoms with Crippen LogP contribution in [0, 0.1) is 16.7 Å². The summed E-state index contributed by atoms with van der Waals surface area (Å²) in [5, 5.41) is 1.70. The minimum absolute atomic E-state index is 0.0337. The molecule has 21 heavy (non-hydrogen) atoms. The van der Waals surface area contributed by atoms with E-state index in [2.05, 4.69) is 20.8 Å². The maximum Gasteiger partial charge on any atom is 0.167 e. The van der Waals surface area contributed by atoms with Crippen LogP contribution in [0.15, 0.2) is 42.1 Å². The Kier molecular flexibility index (Phi) is 3.21. The fourth-order valence-corrected chi connectivity index (χ4v) is 4.01. The summed E-state index contributed by atoms with van der Waals surface area (Å²) in [6.45, 7) is 6.57. The average Bonchev–Trinajstić information content (AvgIpc) is 2.79. The van der Waals surface area contributed by atoms with Crippen LogP contribution < -0.4 is 5.06 Å². The van der Waals surface area contributed by atoms with Crippen molar-refractivity contribution in [1.82, 2.24) is 0 Å². The molecule has 3 nitrogen and oxygen atoms in total. The Morgan fingerprint density at radius 2 is 1.90 bits per heavy atom. The number of hydroxylamine groups is 1. The van der Waals surface area contributed by atoms with Crippen LogP contribution in [0.4, 0.5) is 5.69 Å². The van der Waals surface area contributed by atoms with Crippen molar-refractivity contribution >= 4 is 11.5 Å². The van der Waals surface area contributed by atoms with E-state index in [0.717, 1.165) is 24.1 Å². The first kappa shape index (κ1) is 14.3. The van der Waals surface area contributed by atoms with E-state index in [1.165, 1.54) is 0 Å². The van der Waals surface area contributed by atoms with Gasteiger partial charge in [0.15, 0.2) is 5.78 Å². The second-order valence-electron chi connectivity index (χ2n) is 6.90. The van der Waals surface area contributed by atoms with Gasteiger partial charge in [0.05, 0.1) is 12.8 Å². The van der Waals surface area contributed by atoms with Crippen molar-refractivity contribution in [2.75, 3.05) is 12.2 Å². The Hall–Kier alpha value is -1.61. The zero-order valence-electron chi connectivity index (χ0n) is 13.2. The highest BCUT2D eigenvalue weighted by molar-refractivity contribution is 6.04. The van der Waals surface area contributed by atoms with Crippen molar-refractivity contribution in [3.63, 3.8) is 0 Å². The molecular weight excluding hydrogens is 262 g/mol. The van der Waals surface area contributed by atoms with Gasteiger partial charge >= 0.3 is 0 Å². The van der Waals surface area contributed by atoms with Gasteiger partial charge in [0, 0.05) is 17.2 Å². The van der Waals surface area contributed by atoms with Gasteiger partial charge in [0.25, 0.3) is 0 Å². The molecule has 2 bridgehead atoms. The molecule has 0 aromatic heterocycles. The summed E-state index contributed by atoms with van der Waals surface area (Å²) in [6.07, 6.45) is 3.99. The average molecular weight is 285 g/mol. The molecule has 2 aliphatic rings. The third kappa shape index (κ3) is 1.87. The minimum atomic E-state index is -0.223. The monoisotopic (exact) mass is 285 g/mol. The second-order valence-corrected chi connectivity index (χ2v) is 6.90. The summed E-state index contributed by atoms with van der Waals surface area (Å²) in [7, 11) is 1.63. The molecule has 0 saturated heterocycles. The van der Waals surface area contributed by atoms with E-state index in [9.17, 15) is 4.79 Å². The summed E-state index contributed by atoms with van der Waals surface area (Å²) in [4.78, 5) is 18.3. The van der Waals surface area contributed by atoms with Crippen LogP contribution in [0.25, 0.3) is 0 Å². The van der Waals surface area contributed by atoms with Gasteiger partial charge in [0.1, 0.15) is 0 Å². The fraction of sp³-hybridized carbons (Fsp3) is 0.500. The number of hydrogen-bond acceptors (Lipinski definition) is 3. The minimum Gasteiger partial charge on any atom is -0.294 e. The molecule has 112 valence electrons. The molecule has 2 fully saturated rings. The van der Waals surface area contributed by atoms with Gasteiger partial charge in [-0.3, -0.25) is 9.63 Å². The molecule has 0 spiro atoms. The molecule has 3 rings (SSSR count). The van der Waals surface area contributed by atoms with Crippen molar-refractivity contribution in [1.29, 1.82) is 0 Å². The molecule has 0 heterocycles. The van der Waals surface area contributed by atoms with Crippen LogP contribution in [-0.4, -0.2) is 12.9 Å². The standard InChI is InChI=1S/C18H23NO2/c1-17(2)15-10-11-18(17,3)16(20)14(15)12-19(21-4)13-8-6-5-7-9-13/h5-9,12,15H,10-11H2,1-4H3/b14-12-/t15-,18+/m1/s1. The van der Waals surface area contributed by atoms with Crippen molar-refractivity contribution in [3.8, 4) is 0 Å². The fourth-order valence-electron chi connectivity index (χ4n) is 4.01. The number of carbonyl (C=O) groups is 1. The van der Waals surface area contributed by atoms with E-state index in [0.29, 0.717) is 11.7 Å². The van der Waals surface area contributed by atoms with Gasteiger partial charge in [0.2, 0.25) is 0 Å². The summed E-state index contributed by atoms with van der Waals surface area (Å²) in [5.74, 6) is 0.623. The number of allylic oxidation sites excluding steroid dienone is 1. The second kappa shape index (κ2) is 4.70. The number of fused-ring (bicyclic) bond motifs is 2. The van der Waals surface area contributed by atoms with Crippen LogP contribution in [0.3, 0.4) is 0 Å². The number of para-hydroxylation sites is 1. The number of benzene rings is 1. The normalized spacial score (nSPS) is 31.9. The lowest BCUT2D eigenvalue weighted by atomic mass is 9.70. The highest BCUT2D eigenvalue weighted by atomic mass is 16.7. The van der Waals surface area contributed by atoms with Crippen LogP contribution in [0.1, 0.15) is 33.6 Å². The molecule has 3 heteroatoms. The molecule has 0 unspecified atom stereocenters. The molecule has 2 atom stereocenters. The molecular formula is C18H23NO2. The number of hydrogen-bond donors (Lipinski definition) is 0. The predicted molar refractivity (Wildman–Crippen MR) is 83.6 cm³/mol. The molecule has 2 saturated carbocycles. The predicted octanol–water partition coefficient (Wildman–Crippen LogP) is 3.96. The largest absolute Gasteiger partial charge is 0.294 e. The lowest BCUT2D eigenvalue weighted by Crippen LogP contribution is -2.32. The Morgan fingerprint density at radius 3 is 2.43 bits per heavy atom. The molecule has 0 N–H and O–H groups in total. The van der Waals surface area contributed by atoms with Gasteiger partial charge in [-0.15, -0.1) is 0 Å². The van der Waals surface area contributed by atoms with E-state index in [1.54, 1.807) is 12.2 Å².